The molecule has 1 saturated heterocycles. The van der Waals surface area contributed by atoms with Crippen LogP contribution in [0.4, 0.5) is 10.5 Å². The van der Waals surface area contributed by atoms with Gasteiger partial charge in [0.05, 0.1) is 6.54 Å². The van der Waals surface area contributed by atoms with Crippen LogP contribution < -0.4 is 15.8 Å². The number of thioether (sulfide) groups is 1. The number of thiocarbonyl (C=S) groups is 1. The lowest BCUT2D eigenvalue weighted by Gasteiger charge is -2.34. The van der Waals surface area contributed by atoms with Gasteiger partial charge in [0.2, 0.25) is 0 Å². The zero-order valence-electron chi connectivity index (χ0n) is 21.8. The largest absolute Gasteiger partial charge is 0.489 e. The molecular formula is C26H41N4O3PS2. The Labute approximate surface area is 227 Å². The number of nitrogens with one attached hydrogen (secondary N) is 1. The van der Waals surface area contributed by atoms with Crippen molar-refractivity contribution in [1.82, 2.24) is 4.90 Å². The highest BCUT2D eigenvalue weighted by Gasteiger charge is 2.29. The van der Waals surface area contributed by atoms with Gasteiger partial charge < -0.3 is 25.4 Å². The monoisotopic (exact) mass is 552 g/mol. The lowest BCUT2D eigenvalue weighted by atomic mass is 10.0. The molecule has 36 heavy (non-hydrogen) atoms. The number of nitrogens with two attached hydrogens (primary N) is 1. The molecule has 2 unspecified atom stereocenters. The number of carbonyl (C=O) groups is 1. The summed E-state index contributed by atoms with van der Waals surface area (Å²) < 4.78 is 11.6. The molecule has 7 nitrogen and oxygen atoms in total. The third-order valence-electron chi connectivity index (χ3n) is 6.26. The van der Waals surface area contributed by atoms with Crippen molar-refractivity contribution in [3.05, 3.63) is 24.3 Å². The number of benzene rings is 1. The predicted molar refractivity (Wildman–Crippen MR) is 158 cm³/mol. The third-order valence-corrected chi connectivity index (χ3v) is 8.63. The molecule has 3 rings (SSSR count). The summed E-state index contributed by atoms with van der Waals surface area (Å²) in [7, 11) is 3.06. The zero-order chi connectivity index (χ0) is 26.2. The minimum absolute atomic E-state index is 0.0685. The van der Waals surface area contributed by atoms with Gasteiger partial charge in [-0.1, -0.05) is 37.4 Å². The van der Waals surface area contributed by atoms with Crippen LogP contribution in [-0.2, 0) is 4.74 Å². The van der Waals surface area contributed by atoms with Crippen molar-refractivity contribution in [3.63, 3.8) is 0 Å². The molecule has 1 heterocycles. The van der Waals surface area contributed by atoms with Crippen molar-refractivity contribution in [1.29, 1.82) is 0 Å². The van der Waals surface area contributed by atoms with Crippen molar-refractivity contribution in [2.24, 2.45) is 10.7 Å². The predicted octanol–water partition coefficient (Wildman–Crippen LogP) is 6.18. The number of amides is 1. The van der Waals surface area contributed by atoms with E-state index in [1.54, 1.807) is 16.7 Å². The Hall–Kier alpha value is -1.57. The van der Waals surface area contributed by atoms with Crippen molar-refractivity contribution in [2.75, 3.05) is 24.2 Å². The van der Waals surface area contributed by atoms with E-state index in [2.05, 4.69) is 19.5 Å². The fraction of sp³-hybridized carbons (Fsp3) is 0.654. The van der Waals surface area contributed by atoms with E-state index < -0.39 is 5.60 Å². The van der Waals surface area contributed by atoms with Gasteiger partial charge in [-0.15, -0.1) is 9.24 Å². The minimum atomic E-state index is -0.506. The van der Waals surface area contributed by atoms with Crippen LogP contribution in [0.2, 0.25) is 0 Å². The second-order valence-corrected chi connectivity index (χ2v) is 13.4. The number of ether oxygens (including phenoxy) is 2. The summed E-state index contributed by atoms with van der Waals surface area (Å²) in [6.07, 6.45) is 9.07. The molecule has 2 aliphatic rings. The van der Waals surface area contributed by atoms with Gasteiger partial charge in [0, 0.05) is 18.0 Å². The van der Waals surface area contributed by atoms with Gasteiger partial charge in [-0.25, -0.2) is 4.79 Å². The summed E-state index contributed by atoms with van der Waals surface area (Å²) in [6.45, 7) is 6.83. The van der Waals surface area contributed by atoms with E-state index in [0.717, 1.165) is 30.0 Å². The van der Waals surface area contributed by atoms with Gasteiger partial charge in [0.25, 0.3) is 0 Å². The molecular weight excluding hydrogens is 511 g/mol. The maximum absolute atomic E-state index is 12.4. The first kappa shape index (κ1) is 29.0. The average Bonchev–Trinajstić information content (AvgIpc) is 3.03. The Balaban J connectivity index is 1.45. The van der Waals surface area contributed by atoms with E-state index in [9.17, 15) is 4.79 Å². The van der Waals surface area contributed by atoms with E-state index in [1.165, 1.54) is 38.5 Å². The number of carbonyl (C=O) groups excluding carboxylic acids is 1. The van der Waals surface area contributed by atoms with Crippen LogP contribution in [0, 0.1) is 0 Å². The quantitative estimate of drug-likeness (QED) is 0.148. The molecule has 1 aliphatic heterocycles. The van der Waals surface area contributed by atoms with Crippen molar-refractivity contribution in [3.8, 4) is 5.75 Å². The summed E-state index contributed by atoms with van der Waals surface area (Å²) in [6, 6.07) is 7.59. The van der Waals surface area contributed by atoms with Gasteiger partial charge in [-0.3, -0.25) is 0 Å². The Morgan fingerprint density at radius 3 is 2.53 bits per heavy atom. The summed E-state index contributed by atoms with van der Waals surface area (Å²) in [5, 5.41) is 4.20. The zero-order valence-corrected chi connectivity index (χ0v) is 24.5. The van der Waals surface area contributed by atoms with Crippen molar-refractivity contribution < 1.29 is 14.3 Å². The van der Waals surface area contributed by atoms with Crippen molar-refractivity contribution in [2.45, 2.75) is 89.0 Å². The highest BCUT2D eigenvalue weighted by Crippen LogP contribution is 2.37. The van der Waals surface area contributed by atoms with Crippen LogP contribution in [0.15, 0.2) is 29.3 Å². The van der Waals surface area contributed by atoms with Crippen LogP contribution in [0.25, 0.3) is 0 Å². The SMILES string of the molecule is CC(C)(C)OC(=O)N1CCCC(Oc2ccc(NC(=S)/N=C(\N)SCC3(P)CCCCCC3)cc2)C1. The molecule has 2 fully saturated rings. The molecule has 0 radical (unpaired) electrons. The summed E-state index contributed by atoms with van der Waals surface area (Å²) in [5.41, 5.74) is 6.47. The van der Waals surface area contributed by atoms with Crippen LogP contribution in [0.1, 0.15) is 72.1 Å². The second-order valence-electron chi connectivity index (χ2n) is 10.8. The first-order valence-corrected chi connectivity index (χ1v) is 14.8. The van der Waals surface area contributed by atoms with Crippen LogP contribution in [0.3, 0.4) is 0 Å². The Morgan fingerprint density at radius 1 is 1.22 bits per heavy atom. The van der Waals surface area contributed by atoms with Crippen LogP contribution in [0.5, 0.6) is 5.75 Å². The Morgan fingerprint density at radius 2 is 1.89 bits per heavy atom. The van der Waals surface area contributed by atoms with E-state index in [-0.39, 0.29) is 17.4 Å². The number of anilines is 1. The molecule has 0 spiro atoms. The topological polar surface area (TPSA) is 89.2 Å². The van der Waals surface area contributed by atoms with E-state index in [4.69, 9.17) is 27.4 Å². The number of likely N-dealkylation sites (tertiary alicyclic amines) is 1. The standard InChI is InChI=1S/C26H41N4O3PS2/c1-25(2,3)33-24(31)30-16-8-9-21(17-30)32-20-12-10-19(11-13-20)28-23(35)29-22(27)36-18-26(34)14-6-4-5-7-15-26/h10-13,21H,4-9,14-18,34H2,1-3H3,(H3,27,28,29,35). The number of aliphatic imine (C=N–C) groups is 1. The number of piperidine rings is 1. The lowest BCUT2D eigenvalue weighted by molar-refractivity contribution is 0.00776. The van der Waals surface area contributed by atoms with E-state index in [1.807, 2.05) is 45.0 Å². The molecule has 1 aliphatic carbocycles. The van der Waals surface area contributed by atoms with Gasteiger partial charge in [0.1, 0.15) is 17.5 Å². The summed E-state index contributed by atoms with van der Waals surface area (Å²) in [5.74, 6) is 1.68. The lowest BCUT2D eigenvalue weighted by Crippen LogP contribution is -2.46. The van der Waals surface area contributed by atoms with Gasteiger partial charge in [0.15, 0.2) is 10.3 Å². The summed E-state index contributed by atoms with van der Waals surface area (Å²) in [4.78, 5) is 18.5. The Kier molecular flexibility index (Phi) is 10.7. The minimum Gasteiger partial charge on any atom is -0.489 e. The fourth-order valence-corrected chi connectivity index (χ4v) is 6.23. The van der Waals surface area contributed by atoms with Gasteiger partial charge >= 0.3 is 6.09 Å². The first-order chi connectivity index (χ1) is 17.0. The van der Waals surface area contributed by atoms with E-state index in [0.29, 0.717) is 23.4 Å². The molecule has 200 valence electrons. The molecule has 0 bridgehead atoms. The Bertz CT molecular complexity index is 913. The fourth-order valence-electron chi connectivity index (χ4n) is 4.41. The van der Waals surface area contributed by atoms with E-state index >= 15 is 0 Å². The smallest absolute Gasteiger partial charge is 0.410 e. The number of hydrogen-bond acceptors (Lipinski definition) is 5. The molecule has 1 aromatic rings. The number of rotatable bonds is 5. The normalized spacial score (nSPS) is 20.8. The number of nitrogens with zero attached hydrogens (tertiary/aromatic N) is 2. The highest BCUT2D eigenvalue weighted by molar-refractivity contribution is 8.14. The number of amidine groups is 1. The summed E-state index contributed by atoms with van der Waals surface area (Å²) >= 11 is 6.97. The second kappa shape index (κ2) is 13.3. The van der Waals surface area contributed by atoms with Gasteiger partial charge in [-0.05, 0) is 88.1 Å². The molecule has 1 amide bonds. The molecule has 10 heteroatoms. The van der Waals surface area contributed by atoms with Crippen LogP contribution in [-0.4, -0.2) is 57.0 Å². The molecule has 2 atom stereocenters. The third kappa shape index (κ3) is 10.1. The molecule has 1 aromatic carbocycles. The first-order valence-electron chi connectivity index (χ1n) is 12.8. The van der Waals surface area contributed by atoms with Crippen LogP contribution >= 0.6 is 33.2 Å². The number of hydrogen-bond donors (Lipinski definition) is 2. The maximum Gasteiger partial charge on any atom is 0.410 e. The highest BCUT2D eigenvalue weighted by atomic mass is 32.2. The molecule has 0 aromatic heterocycles. The molecule has 1 saturated carbocycles. The molecule has 3 N–H and O–H groups in total. The average molecular weight is 553 g/mol. The van der Waals surface area contributed by atoms with Crippen molar-refractivity contribution >= 4 is 55.3 Å². The maximum atomic E-state index is 12.4. The van der Waals surface area contributed by atoms with Gasteiger partial charge in [-0.2, -0.15) is 4.99 Å².